The van der Waals surface area contributed by atoms with Crippen LogP contribution in [0.2, 0.25) is 10.0 Å². The molecule has 3 rings (SSSR count). The fourth-order valence-corrected chi connectivity index (χ4v) is 5.19. The summed E-state index contributed by atoms with van der Waals surface area (Å²) in [5.74, 6) is -0.743. The number of benzene rings is 2. The topological polar surface area (TPSA) is 114 Å². The lowest BCUT2D eigenvalue weighted by atomic mass is 9.97. The molecule has 3 aromatic rings. The molecule has 1 atom stereocenters. The summed E-state index contributed by atoms with van der Waals surface area (Å²) in [6.45, 7) is 2.78. The molecule has 1 amide bonds. The van der Waals surface area contributed by atoms with Gasteiger partial charge in [0, 0.05) is 27.7 Å². The Hall–Kier alpha value is -2.75. The summed E-state index contributed by atoms with van der Waals surface area (Å²) in [5.41, 5.74) is 7.21. The zero-order valence-electron chi connectivity index (χ0n) is 19.2. The standard InChI is InChI=1S/C24H27Cl2N3O5S/c1-2-3-11-33-23-14-22(29(28-23)15-18-9-10-20(25)13-21(18)26)19(12-17-7-5-4-6-8-17)16-35(31,32)34-24(27)30/h4-10,13-14,19H,2-3,11-12,15-16H2,1H3,(H2,27,30). The second kappa shape index (κ2) is 12.3. The van der Waals surface area contributed by atoms with E-state index >= 15 is 0 Å². The van der Waals surface area contributed by atoms with E-state index in [1.807, 2.05) is 30.3 Å². The molecule has 188 valence electrons. The van der Waals surface area contributed by atoms with Gasteiger partial charge < -0.3 is 14.7 Å². The first-order chi connectivity index (χ1) is 16.7. The second-order valence-electron chi connectivity index (χ2n) is 8.02. The fourth-order valence-electron chi connectivity index (χ4n) is 3.62. The molecule has 11 heteroatoms. The number of aromatic nitrogens is 2. The largest absolute Gasteiger partial charge is 0.477 e. The van der Waals surface area contributed by atoms with E-state index in [1.165, 1.54) is 0 Å². The molecule has 0 radical (unpaired) electrons. The maximum Gasteiger partial charge on any atom is 0.420 e. The lowest BCUT2D eigenvalue weighted by molar-refractivity contribution is 0.212. The van der Waals surface area contributed by atoms with Gasteiger partial charge in [-0.25, -0.2) is 4.79 Å². The summed E-state index contributed by atoms with van der Waals surface area (Å²) in [6.07, 6.45) is 0.761. The van der Waals surface area contributed by atoms with Crippen molar-refractivity contribution in [2.75, 3.05) is 12.4 Å². The smallest absolute Gasteiger partial charge is 0.420 e. The molecule has 8 nitrogen and oxygen atoms in total. The van der Waals surface area contributed by atoms with E-state index in [-0.39, 0.29) is 6.54 Å². The van der Waals surface area contributed by atoms with Crippen molar-refractivity contribution in [1.82, 2.24) is 9.78 Å². The van der Waals surface area contributed by atoms with Crippen LogP contribution in [0.4, 0.5) is 4.79 Å². The molecule has 1 unspecified atom stereocenters. The van der Waals surface area contributed by atoms with Crippen LogP contribution in [0.3, 0.4) is 0 Å². The maximum atomic E-state index is 12.6. The molecule has 35 heavy (non-hydrogen) atoms. The van der Waals surface area contributed by atoms with Gasteiger partial charge in [0.2, 0.25) is 5.88 Å². The van der Waals surface area contributed by atoms with Gasteiger partial charge in [0.25, 0.3) is 0 Å². The van der Waals surface area contributed by atoms with Gasteiger partial charge in [0.1, 0.15) is 0 Å². The second-order valence-corrected chi connectivity index (χ2v) is 10.5. The zero-order valence-corrected chi connectivity index (χ0v) is 21.5. The lowest BCUT2D eigenvalue weighted by Gasteiger charge is -2.19. The first-order valence-corrected chi connectivity index (χ1v) is 13.4. The highest BCUT2D eigenvalue weighted by Gasteiger charge is 2.28. The lowest BCUT2D eigenvalue weighted by Crippen LogP contribution is -2.26. The van der Waals surface area contributed by atoms with Crippen LogP contribution in [0.5, 0.6) is 5.88 Å². The Labute approximate surface area is 215 Å². The van der Waals surface area contributed by atoms with Gasteiger partial charge in [-0.1, -0.05) is 72.9 Å². The van der Waals surface area contributed by atoms with Gasteiger partial charge in [0.05, 0.1) is 18.9 Å². The van der Waals surface area contributed by atoms with Crippen molar-refractivity contribution in [3.8, 4) is 5.88 Å². The number of amides is 1. The predicted octanol–water partition coefficient (Wildman–Crippen LogP) is 5.17. The molecule has 0 bridgehead atoms. The van der Waals surface area contributed by atoms with E-state index in [0.717, 1.165) is 24.0 Å². The van der Waals surface area contributed by atoms with Gasteiger partial charge in [-0.2, -0.15) is 8.42 Å². The molecule has 0 aliphatic carbocycles. The van der Waals surface area contributed by atoms with Crippen LogP contribution in [-0.4, -0.2) is 36.7 Å². The average molecular weight is 540 g/mol. The van der Waals surface area contributed by atoms with Gasteiger partial charge in [-0.3, -0.25) is 4.68 Å². The minimum Gasteiger partial charge on any atom is -0.477 e. The SMILES string of the molecule is CCCCOc1cc(C(Cc2ccccc2)CS(=O)(=O)OC(N)=O)n(Cc2ccc(Cl)cc2Cl)n1. The number of nitrogens with zero attached hydrogens (tertiary/aromatic N) is 2. The molecular formula is C24H27Cl2N3O5S. The molecule has 0 saturated carbocycles. The van der Waals surface area contributed by atoms with Crippen molar-refractivity contribution in [1.29, 1.82) is 0 Å². The normalized spacial score (nSPS) is 12.3. The van der Waals surface area contributed by atoms with E-state index in [4.69, 9.17) is 33.7 Å². The highest BCUT2D eigenvalue weighted by molar-refractivity contribution is 7.87. The third kappa shape index (κ3) is 8.16. The number of carbonyl (C=O) groups excluding carboxylic acids is 1. The summed E-state index contributed by atoms with van der Waals surface area (Å²) in [7, 11) is -4.26. The number of ether oxygens (including phenoxy) is 1. The number of unbranched alkanes of at least 4 members (excludes halogenated alkanes) is 1. The van der Waals surface area contributed by atoms with E-state index in [0.29, 0.717) is 34.6 Å². The number of rotatable bonds is 12. The predicted molar refractivity (Wildman–Crippen MR) is 136 cm³/mol. The fraction of sp³-hybridized carbons (Fsp3) is 0.333. The van der Waals surface area contributed by atoms with Gasteiger partial charge in [-0.15, -0.1) is 5.10 Å². The molecule has 2 aromatic carbocycles. The Balaban J connectivity index is 2.02. The average Bonchev–Trinajstić information content (AvgIpc) is 3.18. The van der Waals surface area contributed by atoms with Crippen molar-refractivity contribution in [3.63, 3.8) is 0 Å². The molecule has 0 aliphatic heterocycles. The number of carbonyl (C=O) groups is 1. The van der Waals surface area contributed by atoms with Crippen LogP contribution in [0.15, 0.2) is 54.6 Å². The number of hydrogen-bond donors (Lipinski definition) is 1. The van der Waals surface area contributed by atoms with Crippen LogP contribution in [-0.2, 0) is 27.3 Å². The van der Waals surface area contributed by atoms with Crippen LogP contribution in [0, 0.1) is 0 Å². The Morgan fingerprint density at radius 2 is 1.89 bits per heavy atom. The van der Waals surface area contributed by atoms with Crippen LogP contribution in [0.1, 0.15) is 42.5 Å². The molecule has 0 spiro atoms. The van der Waals surface area contributed by atoms with Crippen molar-refractivity contribution < 1.29 is 22.1 Å². The zero-order chi connectivity index (χ0) is 25.4. The minimum absolute atomic E-state index is 0.254. The number of hydrogen-bond acceptors (Lipinski definition) is 6. The number of nitrogens with two attached hydrogens (primary N) is 1. The first-order valence-electron chi connectivity index (χ1n) is 11.1. The molecular weight excluding hydrogens is 513 g/mol. The Morgan fingerprint density at radius 3 is 2.54 bits per heavy atom. The summed E-state index contributed by atoms with van der Waals surface area (Å²) >= 11 is 12.4. The van der Waals surface area contributed by atoms with Gasteiger partial charge in [0.15, 0.2) is 0 Å². The molecule has 0 saturated heterocycles. The summed E-state index contributed by atoms with van der Waals surface area (Å²) in [6, 6.07) is 16.2. The monoisotopic (exact) mass is 539 g/mol. The summed E-state index contributed by atoms with van der Waals surface area (Å²) in [5, 5.41) is 5.52. The van der Waals surface area contributed by atoms with Crippen molar-refractivity contribution in [2.24, 2.45) is 5.73 Å². The van der Waals surface area contributed by atoms with E-state index in [9.17, 15) is 13.2 Å². The number of halogens is 2. The Morgan fingerprint density at radius 1 is 1.14 bits per heavy atom. The number of primary amides is 1. The van der Waals surface area contributed by atoms with Crippen molar-refractivity contribution in [3.05, 3.63) is 81.5 Å². The molecule has 0 fully saturated rings. The molecule has 1 aromatic heterocycles. The van der Waals surface area contributed by atoms with Gasteiger partial charge >= 0.3 is 16.2 Å². The van der Waals surface area contributed by atoms with Crippen LogP contribution >= 0.6 is 23.2 Å². The highest BCUT2D eigenvalue weighted by atomic mass is 35.5. The Bertz CT molecular complexity index is 1250. The van der Waals surface area contributed by atoms with E-state index < -0.39 is 27.9 Å². The summed E-state index contributed by atoms with van der Waals surface area (Å²) in [4.78, 5) is 11.2. The highest BCUT2D eigenvalue weighted by Crippen LogP contribution is 2.29. The quantitative estimate of drug-likeness (QED) is 0.251. The van der Waals surface area contributed by atoms with Gasteiger partial charge in [-0.05, 0) is 36.1 Å². The van der Waals surface area contributed by atoms with Crippen LogP contribution < -0.4 is 10.5 Å². The molecule has 0 aliphatic rings. The van der Waals surface area contributed by atoms with Crippen molar-refractivity contribution >= 4 is 39.4 Å². The van der Waals surface area contributed by atoms with Crippen molar-refractivity contribution in [2.45, 2.75) is 38.6 Å². The minimum atomic E-state index is -4.26. The Kier molecular flexibility index (Phi) is 9.42. The van der Waals surface area contributed by atoms with Crippen LogP contribution in [0.25, 0.3) is 0 Å². The molecule has 1 heterocycles. The maximum absolute atomic E-state index is 12.6. The first kappa shape index (κ1) is 26.8. The third-order valence-electron chi connectivity index (χ3n) is 5.23. The third-order valence-corrected chi connectivity index (χ3v) is 7.05. The summed E-state index contributed by atoms with van der Waals surface area (Å²) < 4.78 is 37.0. The van der Waals surface area contributed by atoms with E-state index in [1.54, 1.807) is 28.9 Å². The molecule has 2 N–H and O–H groups in total. The van der Waals surface area contributed by atoms with E-state index in [2.05, 4.69) is 16.2 Å².